The van der Waals surface area contributed by atoms with Crippen LogP contribution in [0.4, 0.5) is 0 Å². The first-order valence-electron chi connectivity index (χ1n) is 14.4. The standard InChI is InChI=1S/C30H46BNO6/c1-8-13-36-22-11-9-20(10-12-22)24(34)17-23(19(4)33)28(35)32-27(14-18(2)3)31-37-26-16-21-15-25(29(21,5)6)30(26,7)38-31/h9-12,18-19,21,23,25-27,33H,8,13-17H2,1-7H3,(H,32,35)/t19-,21-,23+,25-,26-,27+,30+/m1/s1. The molecule has 1 saturated heterocycles. The molecule has 38 heavy (non-hydrogen) atoms. The molecule has 5 rings (SSSR count). The number of nitrogens with one attached hydrogen (secondary N) is 1. The number of rotatable bonds is 12. The number of carbonyl (C=O) groups is 2. The predicted octanol–water partition coefficient (Wildman–Crippen LogP) is 4.84. The van der Waals surface area contributed by atoms with E-state index in [-0.39, 0.29) is 41.2 Å². The lowest BCUT2D eigenvalue weighted by molar-refractivity contribution is -0.199. The van der Waals surface area contributed by atoms with Gasteiger partial charge in [0.05, 0.1) is 36.3 Å². The van der Waals surface area contributed by atoms with Crippen molar-refractivity contribution < 1.29 is 28.7 Å². The molecule has 1 aromatic carbocycles. The Balaban J connectivity index is 1.43. The topological polar surface area (TPSA) is 94.1 Å². The van der Waals surface area contributed by atoms with Crippen LogP contribution in [-0.2, 0) is 14.1 Å². The fourth-order valence-electron chi connectivity index (χ4n) is 6.86. The van der Waals surface area contributed by atoms with Crippen molar-refractivity contribution in [3.05, 3.63) is 29.8 Å². The molecule has 4 fully saturated rings. The predicted molar refractivity (Wildman–Crippen MR) is 148 cm³/mol. The molecule has 2 bridgehead atoms. The molecule has 0 spiro atoms. The van der Waals surface area contributed by atoms with E-state index in [9.17, 15) is 14.7 Å². The number of Topliss-reactive ketones (excluding diaryl/α,β-unsaturated/α-hetero) is 1. The zero-order valence-corrected chi connectivity index (χ0v) is 24.2. The Kier molecular flexibility index (Phi) is 8.65. The van der Waals surface area contributed by atoms with E-state index >= 15 is 0 Å². The maximum absolute atomic E-state index is 13.5. The van der Waals surface area contributed by atoms with Gasteiger partial charge in [-0.15, -0.1) is 0 Å². The molecule has 1 amide bonds. The van der Waals surface area contributed by atoms with Crippen molar-refractivity contribution in [3.63, 3.8) is 0 Å². The van der Waals surface area contributed by atoms with Crippen LogP contribution in [0.5, 0.6) is 5.75 Å². The summed E-state index contributed by atoms with van der Waals surface area (Å²) in [6.07, 6.45) is 2.67. The van der Waals surface area contributed by atoms with Gasteiger partial charge >= 0.3 is 7.12 Å². The number of carbonyl (C=O) groups excluding carboxylic acids is 2. The van der Waals surface area contributed by atoms with Gasteiger partial charge < -0.3 is 24.5 Å². The van der Waals surface area contributed by atoms with Gasteiger partial charge in [0.25, 0.3) is 0 Å². The maximum Gasteiger partial charge on any atom is 0.481 e. The number of aliphatic hydroxyl groups excluding tert-OH is 1. The van der Waals surface area contributed by atoms with Crippen LogP contribution in [0.2, 0.25) is 0 Å². The zero-order chi connectivity index (χ0) is 27.8. The van der Waals surface area contributed by atoms with Gasteiger partial charge in [0.1, 0.15) is 5.75 Å². The lowest BCUT2D eigenvalue weighted by Gasteiger charge is -2.64. The van der Waals surface area contributed by atoms with Gasteiger partial charge in [0, 0.05) is 12.0 Å². The first kappa shape index (κ1) is 29.1. The van der Waals surface area contributed by atoms with E-state index in [1.165, 1.54) is 0 Å². The van der Waals surface area contributed by atoms with E-state index < -0.39 is 19.1 Å². The maximum atomic E-state index is 13.5. The minimum atomic E-state index is -0.982. The largest absolute Gasteiger partial charge is 0.494 e. The van der Waals surface area contributed by atoms with Gasteiger partial charge in [-0.25, -0.2) is 0 Å². The second-order valence-corrected chi connectivity index (χ2v) is 12.9. The number of amides is 1. The fourth-order valence-corrected chi connectivity index (χ4v) is 6.86. The summed E-state index contributed by atoms with van der Waals surface area (Å²) in [5, 5.41) is 13.6. The van der Waals surface area contributed by atoms with Crippen molar-refractivity contribution >= 4 is 18.8 Å². The van der Waals surface area contributed by atoms with Crippen LogP contribution in [-0.4, -0.2) is 54.3 Å². The van der Waals surface area contributed by atoms with E-state index in [2.05, 4.69) is 39.9 Å². The molecule has 8 heteroatoms. The van der Waals surface area contributed by atoms with Crippen molar-refractivity contribution in [2.45, 2.75) is 104 Å². The molecule has 0 unspecified atom stereocenters. The summed E-state index contributed by atoms with van der Waals surface area (Å²) in [4.78, 5) is 26.5. The Labute approximate surface area is 228 Å². The molecule has 3 aliphatic carbocycles. The lowest BCUT2D eigenvalue weighted by Crippen LogP contribution is -2.65. The highest BCUT2D eigenvalue weighted by molar-refractivity contribution is 6.47. The fraction of sp³-hybridized carbons (Fsp3) is 0.733. The third-order valence-electron chi connectivity index (χ3n) is 9.32. The monoisotopic (exact) mass is 527 g/mol. The van der Waals surface area contributed by atoms with Gasteiger partial charge in [-0.05, 0) is 87.0 Å². The molecule has 4 aliphatic rings. The van der Waals surface area contributed by atoms with E-state index in [0.717, 1.165) is 19.3 Å². The van der Waals surface area contributed by atoms with E-state index in [4.69, 9.17) is 14.0 Å². The third kappa shape index (κ3) is 5.68. The van der Waals surface area contributed by atoms with E-state index in [1.807, 2.05) is 6.92 Å². The Hall–Kier alpha value is -1.90. The van der Waals surface area contributed by atoms with Crippen molar-refractivity contribution in [2.24, 2.45) is 29.1 Å². The molecule has 0 aromatic heterocycles. The molecule has 7 nitrogen and oxygen atoms in total. The van der Waals surface area contributed by atoms with E-state index in [1.54, 1.807) is 31.2 Å². The van der Waals surface area contributed by atoms with Crippen molar-refractivity contribution in [1.82, 2.24) is 5.32 Å². The Morgan fingerprint density at radius 1 is 1.16 bits per heavy atom. The smallest absolute Gasteiger partial charge is 0.481 e. The Morgan fingerprint density at radius 2 is 1.84 bits per heavy atom. The average molecular weight is 528 g/mol. The van der Waals surface area contributed by atoms with Crippen molar-refractivity contribution in [2.75, 3.05) is 6.61 Å². The van der Waals surface area contributed by atoms with E-state index in [0.29, 0.717) is 42.1 Å². The van der Waals surface area contributed by atoms with Crippen LogP contribution in [0.25, 0.3) is 0 Å². The quantitative estimate of drug-likeness (QED) is 0.298. The highest BCUT2D eigenvalue weighted by Crippen LogP contribution is 2.65. The van der Waals surface area contributed by atoms with Crippen LogP contribution in [0, 0.1) is 29.1 Å². The Morgan fingerprint density at radius 3 is 2.42 bits per heavy atom. The minimum Gasteiger partial charge on any atom is -0.494 e. The highest BCUT2D eigenvalue weighted by Gasteiger charge is 2.68. The SMILES string of the molecule is CCCOc1ccc(C(=O)C[C@H](C(=O)N[C@@H](CC(C)C)B2O[C@@H]3C[C@H]4C[C@H](C4(C)C)[C@]3(C)O2)[C@@H](C)O)cc1. The lowest BCUT2D eigenvalue weighted by atomic mass is 9.43. The first-order chi connectivity index (χ1) is 17.9. The van der Waals surface area contributed by atoms with Crippen LogP contribution in [0.3, 0.4) is 0 Å². The summed E-state index contributed by atoms with van der Waals surface area (Å²) < 4.78 is 18.7. The number of ether oxygens (including phenoxy) is 1. The van der Waals surface area contributed by atoms with Gasteiger partial charge in [0.15, 0.2) is 5.78 Å². The molecular formula is C30H46BNO6. The van der Waals surface area contributed by atoms with Crippen LogP contribution >= 0.6 is 0 Å². The number of benzene rings is 1. The molecule has 1 aliphatic heterocycles. The summed E-state index contributed by atoms with van der Waals surface area (Å²) in [7, 11) is -0.549. The summed E-state index contributed by atoms with van der Waals surface area (Å²) in [6.45, 7) is 15.2. The van der Waals surface area contributed by atoms with Gasteiger partial charge in [-0.1, -0.05) is 34.6 Å². The molecule has 3 saturated carbocycles. The van der Waals surface area contributed by atoms with Gasteiger partial charge in [-0.3, -0.25) is 9.59 Å². The molecule has 1 aromatic rings. The first-order valence-corrected chi connectivity index (χ1v) is 14.4. The number of ketones is 1. The Bertz CT molecular complexity index is 995. The number of hydrogen-bond donors (Lipinski definition) is 2. The second-order valence-electron chi connectivity index (χ2n) is 12.9. The highest BCUT2D eigenvalue weighted by atomic mass is 16.7. The molecule has 1 heterocycles. The second kappa shape index (κ2) is 11.3. The van der Waals surface area contributed by atoms with Crippen molar-refractivity contribution in [3.8, 4) is 5.75 Å². The molecular weight excluding hydrogens is 481 g/mol. The van der Waals surface area contributed by atoms with Crippen LogP contribution in [0.15, 0.2) is 24.3 Å². The van der Waals surface area contributed by atoms with Crippen molar-refractivity contribution in [1.29, 1.82) is 0 Å². The number of hydrogen-bond acceptors (Lipinski definition) is 6. The van der Waals surface area contributed by atoms with Crippen LogP contribution in [0.1, 0.15) is 90.9 Å². The van der Waals surface area contributed by atoms with Gasteiger partial charge in [0.2, 0.25) is 5.91 Å². The summed E-state index contributed by atoms with van der Waals surface area (Å²) in [5.74, 6) is 0.297. The average Bonchev–Trinajstić information content (AvgIpc) is 3.22. The number of aliphatic hydroxyl groups is 1. The molecule has 2 N–H and O–H groups in total. The zero-order valence-electron chi connectivity index (χ0n) is 24.2. The molecule has 0 radical (unpaired) electrons. The minimum absolute atomic E-state index is 0.0225. The normalized spacial score (nSPS) is 29.7. The molecule has 7 atom stereocenters. The molecule has 210 valence electrons. The summed E-state index contributed by atoms with van der Waals surface area (Å²) in [5.41, 5.74) is 0.362. The third-order valence-corrected chi connectivity index (χ3v) is 9.32. The van der Waals surface area contributed by atoms with Gasteiger partial charge in [-0.2, -0.15) is 0 Å². The summed E-state index contributed by atoms with van der Waals surface area (Å²) >= 11 is 0. The van der Waals surface area contributed by atoms with Crippen LogP contribution < -0.4 is 10.1 Å². The summed E-state index contributed by atoms with van der Waals surface area (Å²) in [6, 6.07) is 6.95.